The highest BCUT2D eigenvalue weighted by molar-refractivity contribution is 8.02. The van der Waals surface area contributed by atoms with Gasteiger partial charge in [-0.25, -0.2) is 0 Å². The summed E-state index contributed by atoms with van der Waals surface area (Å²) in [7, 11) is 0. The Morgan fingerprint density at radius 2 is 2.08 bits per heavy atom. The predicted octanol–water partition coefficient (Wildman–Crippen LogP) is 4.36. The summed E-state index contributed by atoms with van der Waals surface area (Å²) in [6.07, 6.45) is 4.77. The molecule has 0 amide bonds. The van der Waals surface area contributed by atoms with E-state index in [-0.39, 0.29) is 0 Å². The summed E-state index contributed by atoms with van der Waals surface area (Å²) < 4.78 is 0. The lowest BCUT2D eigenvalue weighted by atomic mass is 10.4. The smallest absolute Gasteiger partial charge is 0.0315 e. The van der Waals surface area contributed by atoms with Crippen LogP contribution in [0.1, 0.15) is 19.8 Å². The zero-order valence-corrected chi connectivity index (χ0v) is 9.95. The number of unbranched alkanes of at least 4 members (excludes halogenated alkanes) is 1. The first-order chi connectivity index (χ1) is 5.88. The van der Waals surface area contributed by atoms with Gasteiger partial charge in [0.05, 0.1) is 0 Å². The Hall–Kier alpha value is 0.400. The molecule has 0 aliphatic rings. The van der Waals surface area contributed by atoms with E-state index in [2.05, 4.69) is 23.9 Å². The van der Waals surface area contributed by atoms with Crippen molar-refractivity contribution in [2.75, 3.05) is 12.0 Å². The molecule has 1 aromatic heterocycles. The Morgan fingerprint density at radius 1 is 1.33 bits per heavy atom. The van der Waals surface area contributed by atoms with E-state index in [1.54, 1.807) is 0 Å². The molecule has 3 heteroatoms. The summed E-state index contributed by atoms with van der Waals surface area (Å²) in [6, 6.07) is 0. The van der Waals surface area contributed by atoms with Crippen molar-refractivity contribution in [3.8, 4) is 0 Å². The molecule has 0 saturated heterocycles. The van der Waals surface area contributed by atoms with Gasteiger partial charge in [-0.2, -0.15) is 11.3 Å². The van der Waals surface area contributed by atoms with Crippen LogP contribution in [-0.4, -0.2) is 12.0 Å². The Bertz CT molecular complexity index is 217. The zero-order chi connectivity index (χ0) is 8.81. The second-order valence-electron chi connectivity index (χ2n) is 2.51. The second-order valence-corrected chi connectivity index (χ2v) is 5.23. The van der Waals surface area contributed by atoms with Crippen molar-refractivity contribution in [3.05, 3.63) is 10.8 Å². The van der Waals surface area contributed by atoms with Gasteiger partial charge in [0, 0.05) is 20.6 Å². The van der Waals surface area contributed by atoms with Gasteiger partial charge < -0.3 is 0 Å². The highest BCUT2D eigenvalue weighted by Crippen LogP contribution is 2.33. The maximum atomic E-state index is 2.26. The summed E-state index contributed by atoms with van der Waals surface area (Å²) >= 11 is 5.65. The first kappa shape index (κ1) is 10.5. The van der Waals surface area contributed by atoms with Gasteiger partial charge in [-0.1, -0.05) is 13.3 Å². The normalized spacial score (nSPS) is 10.5. The minimum absolute atomic E-state index is 1.26. The molecule has 1 aromatic rings. The summed E-state index contributed by atoms with van der Waals surface area (Å²) in [6.45, 7) is 2.24. The molecule has 12 heavy (non-hydrogen) atoms. The standard InChI is InChI=1S/C9H14S3/c1-3-4-5-12-9-7-11-6-8(9)10-2/h6-7H,3-5H2,1-2H3. The fourth-order valence-corrected chi connectivity index (χ4v) is 4.10. The number of hydrogen-bond acceptors (Lipinski definition) is 3. The minimum Gasteiger partial charge on any atom is -0.150 e. The van der Waals surface area contributed by atoms with Gasteiger partial charge in [0.15, 0.2) is 0 Å². The molecule has 0 unspecified atom stereocenters. The fraction of sp³-hybridized carbons (Fsp3) is 0.556. The predicted molar refractivity (Wildman–Crippen MR) is 61.7 cm³/mol. The van der Waals surface area contributed by atoms with Crippen molar-refractivity contribution < 1.29 is 0 Å². The van der Waals surface area contributed by atoms with Crippen molar-refractivity contribution >= 4 is 34.9 Å². The number of hydrogen-bond donors (Lipinski definition) is 0. The Labute approximate surface area is 87.1 Å². The average Bonchev–Trinajstić information content (AvgIpc) is 2.52. The first-order valence-corrected chi connectivity index (χ1v) is 7.26. The van der Waals surface area contributed by atoms with Crippen LogP contribution < -0.4 is 0 Å². The summed E-state index contributed by atoms with van der Waals surface area (Å²) in [5.41, 5.74) is 0. The van der Waals surface area contributed by atoms with Crippen LogP contribution in [0.2, 0.25) is 0 Å². The third-order valence-electron chi connectivity index (χ3n) is 1.57. The Balaban J connectivity index is 2.39. The van der Waals surface area contributed by atoms with E-state index < -0.39 is 0 Å². The SMILES string of the molecule is CCCCSc1cscc1SC. The van der Waals surface area contributed by atoms with E-state index in [4.69, 9.17) is 0 Å². The molecule has 0 bridgehead atoms. The van der Waals surface area contributed by atoms with Gasteiger partial charge in [-0.15, -0.1) is 23.5 Å². The molecule has 0 atom stereocenters. The molecule has 0 N–H and O–H groups in total. The lowest BCUT2D eigenvalue weighted by Crippen LogP contribution is -1.77. The quantitative estimate of drug-likeness (QED) is 0.532. The summed E-state index contributed by atoms with van der Waals surface area (Å²) in [5.74, 6) is 1.26. The topological polar surface area (TPSA) is 0 Å². The van der Waals surface area contributed by atoms with E-state index in [1.807, 2.05) is 34.9 Å². The molecule has 0 spiro atoms. The number of thiophene rings is 1. The van der Waals surface area contributed by atoms with Crippen LogP contribution in [0.15, 0.2) is 20.6 Å². The average molecular weight is 218 g/mol. The van der Waals surface area contributed by atoms with Gasteiger partial charge >= 0.3 is 0 Å². The van der Waals surface area contributed by atoms with Crippen LogP contribution in [0.4, 0.5) is 0 Å². The van der Waals surface area contributed by atoms with Crippen molar-refractivity contribution in [1.82, 2.24) is 0 Å². The van der Waals surface area contributed by atoms with Gasteiger partial charge in [0.1, 0.15) is 0 Å². The number of rotatable bonds is 5. The molecule has 1 heterocycles. The van der Waals surface area contributed by atoms with Crippen molar-refractivity contribution in [3.63, 3.8) is 0 Å². The maximum Gasteiger partial charge on any atom is 0.0315 e. The molecule has 0 aliphatic heterocycles. The van der Waals surface area contributed by atoms with Crippen LogP contribution in [0.5, 0.6) is 0 Å². The fourth-order valence-electron chi connectivity index (χ4n) is 0.854. The van der Waals surface area contributed by atoms with Gasteiger partial charge in [-0.05, 0) is 18.4 Å². The van der Waals surface area contributed by atoms with Crippen LogP contribution in [0.25, 0.3) is 0 Å². The molecule has 0 saturated carbocycles. The molecule has 0 radical (unpaired) electrons. The number of thioether (sulfide) groups is 2. The molecule has 68 valence electrons. The monoisotopic (exact) mass is 218 g/mol. The first-order valence-electron chi connectivity index (χ1n) is 4.11. The van der Waals surface area contributed by atoms with E-state index >= 15 is 0 Å². The minimum atomic E-state index is 1.26. The summed E-state index contributed by atoms with van der Waals surface area (Å²) in [5, 5.41) is 4.49. The van der Waals surface area contributed by atoms with E-state index in [9.17, 15) is 0 Å². The lowest BCUT2D eigenvalue weighted by molar-refractivity contribution is 0.896. The molecule has 0 aromatic carbocycles. The van der Waals surface area contributed by atoms with E-state index in [1.165, 1.54) is 28.4 Å². The van der Waals surface area contributed by atoms with Crippen LogP contribution in [-0.2, 0) is 0 Å². The van der Waals surface area contributed by atoms with E-state index in [0.29, 0.717) is 0 Å². The summed E-state index contributed by atoms with van der Waals surface area (Å²) in [4.78, 5) is 2.92. The highest BCUT2D eigenvalue weighted by atomic mass is 32.2. The second kappa shape index (κ2) is 5.95. The van der Waals surface area contributed by atoms with Crippen LogP contribution >= 0.6 is 34.9 Å². The van der Waals surface area contributed by atoms with E-state index in [0.717, 1.165) is 0 Å². The van der Waals surface area contributed by atoms with Crippen LogP contribution in [0, 0.1) is 0 Å². The van der Waals surface area contributed by atoms with Crippen LogP contribution in [0.3, 0.4) is 0 Å². The van der Waals surface area contributed by atoms with Gasteiger partial charge in [0.25, 0.3) is 0 Å². The lowest BCUT2D eigenvalue weighted by Gasteiger charge is -1.99. The molecule has 0 aliphatic carbocycles. The van der Waals surface area contributed by atoms with Crippen molar-refractivity contribution in [2.24, 2.45) is 0 Å². The maximum absolute atomic E-state index is 2.26. The molecular formula is C9H14S3. The third kappa shape index (κ3) is 3.04. The largest absolute Gasteiger partial charge is 0.150 e. The molecule has 1 rings (SSSR count). The Kier molecular flexibility index (Phi) is 5.19. The third-order valence-corrected chi connectivity index (χ3v) is 4.66. The molecule has 0 nitrogen and oxygen atoms in total. The molecular weight excluding hydrogens is 204 g/mol. The molecule has 0 fully saturated rings. The van der Waals surface area contributed by atoms with Gasteiger partial charge in [0.2, 0.25) is 0 Å². The van der Waals surface area contributed by atoms with Crippen molar-refractivity contribution in [2.45, 2.75) is 29.6 Å². The highest BCUT2D eigenvalue weighted by Gasteiger charge is 2.01. The van der Waals surface area contributed by atoms with Crippen molar-refractivity contribution in [1.29, 1.82) is 0 Å². The zero-order valence-electron chi connectivity index (χ0n) is 7.50. The Morgan fingerprint density at radius 3 is 2.75 bits per heavy atom. The van der Waals surface area contributed by atoms with Gasteiger partial charge in [-0.3, -0.25) is 0 Å².